The lowest BCUT2D eigenvalue weighted by molar-refractivity contribution is 0.141. The molecule has 0 bridgehead atoms. The van der Waals surface area contributed by atoms with E-state index in [1.807, 2.05) is 25.1 Å². The fourth-order valence-corrected chi connectivity index (χ4v) is 2.02. The van der Waals surface area contributed by atoms with E-state index in [0.717, 1.165) is 5.56 Å². The molecule has 2 N–H and O–H groups in total. The zero-order valence-corrected chi connectivity index (χ0v) is 10.4. The number of halogens is 2. The van der Waals surface area contributed by atoms with Gasteiger partial charge in [0.2, 0.25) is 0 Å². The van der Waals surface area contributed by atoms with Crippen LogP contribution in [0, 0.1) is 0 Å². The van der Waals surface area contributed by atoms with Crippen LogP contribution in [-0.2, 0) is 11.2 Å². The highest BCUT2D eigenvalue weighted by Crippen LogP contribution is 2.27. The van der Waals surface area contributed by atoms with Crippen LogP contribution in [0.3, 0.4) is 0 Å². The standard InChI is InChI=1S/C11H15Cl2NO/c1-11(14,7-15-2)6-8-9(12)4-3-5-10(8)13/h3-5H,6-7,14H2,1-2H3. The topological polar surface area (TPSA) is 35.2 Å². The molecule has 0 aliphatic carbocycles. The Balaban J connectivity index is 2.89. The summed E-state index contributed by atoms with van der Waals surface area (Å²) in [4.78, 5) is 0. The molecule has 0 aliphatic rings. The number of rotatable bonds is 4. The summed E-state index contributed by atoms with van der Waals surface area (Å²) in [7, 11) is 1.62. The highest BCUT2D eigenvalue weighted by atomic mass is 35.5. The third-order valence-corrected chi connectivity index (χ3v) is 2.82. The second-order valence-electron chi connectivity index (χ2n) is 3.96. The van der Waals surface area contributed by atoms with Gasteiger partial charge in [0.15, 0.2) is 0 Å². The monoisotopic (exact) mass is 247 g/mol. The molecule has 0 heterocycles. The molecular weight excluding hydrogens is 233 g/mol. The second-order valence-corrected chi connectivity index (χ2v) is 4.78. The SMILES string of the molecule is COCC(C)(N)Cc1c(Cl)cccc1Cl. The van der Waals surface area contributed by atoms with Crippen molar-refractivity contribution in [2.24, 2.45) is 5.73 Å². The lowest BCUT2D eigenvalue weighted by Crippen LogP contribution is -2.43. The number of hydrogen-bond donors (Lipinski definition) is 1. The molecule has 1 aromatic rings. The minimum Gasteiger partial charge on any atom is -0.383 e. The van der Waals surface area contributed by atoms with Gasteiger partial charge in [0.1, 0.15) is 0 Å². The first kappa shape index (κ1) is 12.8. The van der Waals surface area contributed by atoms with Gasteiger partial charge >= 0.3 is 0 Å². The van der Waals surface area contributed by atoms with Crippen LogP contribution in [0.2, 0.25) is 10.0 Å². The predicted octanol–water partition coefficient (Wildman–Crippen LogP) is 2.90. The van der Waals surface area contributed by atoms with Gasteiger partial charge in [-0.25, -0.2) is 0 Å². The van der Waals surface area contributed by atoms with Gasteiger partial charge in [0.25, 0.3) is 0 Å². The Labute approximate surface area is 100 Å². The van der Waals surface area contributed by atoms with Crippen LogP contribution in [-0.4, -0.2) is 19.3 Å². The summed E-state index contributed by atoms with van der Waals surface area (Å²) in [6.45, 7) is 2.38. The van der Waals surface area contributed by atoms with Crippen LogP contribution in [0.1, 0.15) is 12.5 Å². The highest BCUT2D eigenvalue weighted by molar-refractivity contribution is 6.36. The third-order valence-electron chi connectivity index (χ3n) is 2.12. The van der Waals surface area contributed by atoms with Gasteiger partial charge in [0.05, 0.1) is 6.61 Å². The molecule has 1 unspecified atom stereocenters. The van der Waals surface area contributed by atoms with Gasteiger partial charge in [-0.05, 0) is 31.0 Å². The van der Waals surface area contributed by atoms with E-state index >= 15 is 0 Å². The van der Waals surface area contributed by atoms with Crippen molar-refractivity contribution >= 4 is 23.2 Å². The average molecular weight is 248 g/mol. The van der Waals surface area contributed by atoms with E-state index < -0.39 is 5.54 Å². The largest absolute Gasteiger partial charge is 0.383 e. The number of benzene rings is 1. The summed E-state index contributed by atoms with van der Waals surface area (Å²) in [5.41, 5.74) is 6.48. The Morgan fingerprint density at radius 3 is 2.33 bits per heavy atom. The molecule has 0 aliphatic heterocycles. The number of methoxy groups -OCH3 is 1. The third kappa shape index (κ3) is 3.65. The van der Waals surface area contributed by atoms with Crippen molar-refractivity contribution in [1.82, 2.24) is 0 Å². The van der Waals surface area contributed by atoms with E-state index in [-0.39, 0.29) is 0 Å². The van der Waals surface area contributed by atoms with Crippen LogP contribution in [0.25, 0.3) is 0 Å². The lowest BCUT2D eigenvalue weighted by Gasteiger charge is -2.24. The van der Waals surface area contributed by atoms with Crippen molar-refractivity contribution in [2.45, 2.75) is 18.9 Å². The Hall–Kier alpha value is -0.280. The summed E-state index contributed by atoms with van der Waals surface area (Å²) in [5.74, 6) is 0. The van der Waals surface area contributed by atoms with Crippen molar-refractivity contribution in [3.8, 4) is 0 Å². The van der Waals surface area contributed by atoms with E-state index in [2.05, 4.69) is 0 Å². The molecule has 0 aromatic heterocycles. The maximum absolute atomic E-state index is 6.05. The van der Waals surface area contributed by atoms with Crippen LogP contribution >= 0.6 is 23.2 Å². The predicted molar refractivity (Wildman–Crippen MR) is 64.6 cm³/mol. The van der Waals surface area contributed by atoms with E-state index in [4.69, 9.17) is 33.7 Å². The average Bonchev–Trinajstić information content (AvgIpc) is 2.11. The zero-order valence-electron chi connectivity index (χ0n) is 8.89. The molecule has 0 amide bonds. The normalized spacial score (nSPS) is 15.0. The fraction of sp³-hybridized carbons (Fsp3) is 0.455. The van der Waals surface area contributed by atoms with E-state index in [9.17, 15) is 0 Å². The molecule has 0 fully saturated rings. The highest BCUT2D eigenvalue weighted by Gasteiger charge is 2.21. The van der Waals surface area contributed by atoms with Gasteiger partial charge in [-0.2, -0.15) is 0 Å². The molecular formula is C11H15Cl2NO. The van der Waals surface area contributed by atoms with Crippen LogP contribution in [0.5, 0.6) is 0 Å². The first-order chi connectivity index (χ1) is 6.96. The number of hydrogen-bond acceptors (Lipinski definition) is 2. The molecule has 84 valence electrons. The van der Waals surface area contributed by atoms with Crippen molar-refractivity contribution in [1.29, 1.82) is 0 Å². The molecule has 1 rings (SSSR count). The van der Waals surface area contributed by atoms with Gasteiger partial charge in [-0.3, -0.25) is 0 Å². The Morgan fingerprint density at radius 1 is 1.33 bits per heavy atom. The van der Waals surface area contributed by atoms with Crippen LogP contribution in [0.4, 0.5) is 0 Å². The second kappa shape index (κ2) is 5.17. The maximum Gasteiger partial charge on any atom is 0.0642 e. The molecule has 0 saturated carbocycles. The molecule has 0 saturated heterocycles. The summed E-state index contributed by atoms with van der Waals surface area (Å²) in [6, 6.07) is 5.44. The molecule has 2 nitrogen and oxygen atoms in total. The smallest absolute Gasteiger partial charge is 0.0642 e. The van der Waals surface area contributed by atoms with E-state index in [1.165, 1.54) is 0 Å². The summed E-state index contributed by atoms with van der Waals surface area (Å²) in [5, 5.41) is 1.30. The van der Waals surface area contributed by atoms with Crippen molar-refractivity contribution < 1.29 is 4.74 Å². The minimum absolute atomic E-state index is 0.455. The van der Waals surface area contributed by atoms with Gasteiger partial charge in [-0.15, -0.1) is 0 Å². The molecule has 1 atom stereocenters. The first-order valence-electron chi connectivity index (χ1n) is 4.67. The summed E-state index contributed by atoms with van der Waals surface area (Å²) >= 11 is 12.1. The van der Waals surface area contributed by atoms with Gasteiger partial charge < -0.3 is 10.5 Å². The molecule has 0 radical (unpaired) electrons. The molecule has 0 spiro atoms. The van der Waals surface area contributed by atoms with Crippen LogP contribution < -0.4 is 5.73 Å². The van der Waals surface area contributed by atoms with Crippen molar-refractivity contribution in [2.75, 3.05) is 13.7 Å². The number of nitrogens with two attached hydrogens (primary N) is 1. The quantitative estimate of drug-likeness (QED) is 0.889. The minimum atomic E-state index is -0.455. The molecule has 15 heavy (non-hydrogen) atoms. The van der Waals surface area contributed by atoms with Gasteiger partial charge in [0, 0.05) is 22.7 Å². The molecule has 4 heteroatoms. The maximum atomic E-state index is 6.05. The lowest BCUT2D eigenvalue weighted by atomic mass is 9.95. The Morgan fingerprint density at radius 2 is 1.87 bits per heavy atom. The van der Waals surface area contributed by atoms with Gasteiger partial charge in [-0.1, -0.05) is 29.3 Å². The molecule has 1 aromatic carbocycles. The zero-order chi connectivity index (χ0) is 11.5. The first-order valence-corrected chi connectivity index (χ1v) is 5.42. The fourth-order valence-electron chi connectivity index (χ4n) is 1.49. The van der Waals surface area contributed by atoms with E-state index in [0.29, 0.717) is 23.1 Å². The van der Waals surface area contributed by atoms with E-state index in [1.54, 1.807) is 7.11 Å². The van der Waals surface area contributed by atoms with Crippen molar-refractivity contribution in [3.63, 3.8) is 0 Å². The Kier molecular flexibility index (Phi) is 4.41. The Bertz CT molecular complexity index is 319. The summed E-state index contributed by atoms with van der Waals surface area (Å²) < 4.78 is 5.05. The van der Waals surface area contributed by atoms with Crippen molar-refractivity contribution in [3.05, 3.63) is 33.8 Å². The van der Waals surface area contributed by atoms with Crippen LogP contribution in [0.15, 0.2) is 18.2 Å². The number of ether oxygens (including phenoxy) is 1. The summed E-state index contributed by atoms with van der Waals surface area (Å²) in [6.07, 6.45) is 0.597.